The summed E-state index contributed by atoms with van der Waals surface area (Å²) in [6, 6.07) is 5.19. The molecule has 0 aliphatic heterocycles. The minimum absolute atomic E-state index is 0.133. The maximum Gasteiger partial charge on any atom is 0.269 e. The molecule has 0 radical (unpaired) electrons. The zero-order valence-corrected chi connectivity index (χ0v) is 11.3. The van der Waals surface area contributed by atoms with E-state index < -0.39 is 0 Å². The molecule has 1 aromatic carbocycles. The van der Waals surface area contributed by atoms with Crippen molar-refractivity contribution in [1.29, 1.82) is 0 Å². The van der Waals surface area contributed by atoms with Crippen LogP contribution in [0.15, 0.2) is 18.2 Å². The van der Waals surface area contributed by atoms with Crippen LogP contribution in [0.1, 0.15) is 31.2 Å². The largest absolute Gasteiger partial charge is 0.381 e. The van der Waals surface area contributed by atoms with Crippen LogP contribution in [0, 0.1) is 23.0 Å². The average molecular weight is 263 g/mol. The third-order valence-electron chi connectivity index (χ3n) is 3.98. The molecular formula is C14H21N3O2. The van der Waals surface area contributed by atoms with E-state index in [0.29, 0.717) is 12.5 Å². The van der Waals surface area contributed by atoms with Gasteiger partial charge in [-0.15, -0.1) is 0 Å². The Kier molecular flexibility index (Phi) is 4.37. The Hall–Kier alpha value is -1.62. The minimum Gasteiger partial charge on any atom is -0.381 e. The lowest BCUT2D eigenvalue weighted by atomic mass is 9.97. The predicted octanol–water partition coefficient (Wildman–Crippen LogP) is 2.83. The van der Waals surface area contributed by atoms with E-state index in [1.165, 1.54) is 31.7 Å². The Morgan fingerprint density at radius 1 is 1.47 bits per heavy atom. The quantitative estimate of drug-likeness (QED) is 0.632. The monoisotopic (exact) mass is 263 g/mol. The van der Waals surface area contributed by atoms with E-state index in [1.54, 1.807) is 12.1 Å². The van der Waals surface area contributed by atoms with Gasteiger partial charge in [-0.2, -0.15) is 0 Å². The lowest BCUT2D eigenvalue weighted by molar-refractivity contribution is -0.384. The summed E-state index contributed by atoms with van der Waals surface area (Å²) >= 11 is 0. The molecule has 0 aromatic heterocycles. The number of anilines is 1. The number of benzene rings is 1. The molecule has 3 N–H and O–H groups in total. The number of nitro benzene ring substituents is 1. The van der Waals surface area contributed by atoms with Crippen molar-refractivity contribution in [2.75, 3.05) is 11.9 Å². The van der Waals surface area contributed by atoms with Crippen LogP contribution in [0.3, 0.4) is 0 Å². The predicted molar refractivity (Wildman–Crippen MR) is 76.3 cm³/mol. The van der Waals surface area contributed by atoms with Crippen molar-refractivity contribution in [3.05, 3.63) is 33.9 Å². The van der Waals surface area contributed by atoms with Gasteiger partial charge in [-0.3, -0.25) is 10.1 Å². The van der Waals surface area contributed by atoms with Crippen LogP contribution in [-0.2, 0) is 0 Å². The van der Waals surface area contributed by atoms with E-state index in [0.717, 1.165) is 11.3 Å². The lowest BCUT2D eigenvalue weighted by Crippen LogP contribution is -2.35. The molecule has 5 heteroatoms. The number of hydrogen-bond acceptors (Lipinski definition) is 4. The van der Waals surface area contributed by atoms with E-state index in [2.05, 4.69) is 5.32 Å². The molecule has 0 amide bonds. The van der Waals surface area contributed by atoms with E-state index in [4.69, 9.17) is 5.73 Å². The Labute approximate surface area is 113 Å². The normalized spacial score (nSPS) is 17.4. The Balaban J connectivity index is 2.10. The lowest BCUT2D eigenvalue weighted by Gasteiger charge is -2.25. The van der Waals surface area contributed by atoms with Crippen LogP contribution >= 0.6 is 0 Å². The molecule has 1 unspecified atom stereocenters. The molecule has 1 atom stereocenters. The second-order valence-corrected chi connectivity index (χ2v) is 5.29. The summed E-state index contributed by atoms with van der Waals surface area (Å²) in [5.74, 6) is 0.625. The molecule has 1 aliphatic carbocycles. The van der Waals surface area contributed by atoms with Crippen molar-refractivity contribution in [2.45, 2.75) is 38.6 Å². The average Bonchev–Trinajstić information content (AvgIpc) is 2.91. The molecule has 2 rings (SSSR count). The third-order valence-corrected chi connectivity index (χ3v) is 3.98. The molecule has 19 heavy (non-hydrogen) atoms. The van der Waals surface area contributed by atoms with Crippen molar-refractivity contribution >= 4 is 11.4 Å². The summed E-state index contributed by atoms with van der Waals surface area (Å²) in [7, 11) is 0. The highest BCUT2D eigenvalue weighted by molar-refractivity contribution is 5.56. The SMILES string of the molecule is Cc1cc([N+](=O)[O-])ccc1NC(CN)C1CCCC1. The van der Waals surface area contributed by atoms with Gasteiger partial charge in [0.2, 0.25) is 0 Å². The third kappa shape index (κ3) is 3.23. The topological polar surface area (TPSA) is 81.2 Å². The summed E-state index contributed by atoms with van der Waals surface area (Å²) in [6.45, 7) is 2.48. The van der Waals surface area contributed by atoms with E-state index in [9.17, 15) is 10.1 Å². The Morgan fingerprint density at radius 2 is 2.16 bits per heavy atom. The highest BCUT2D eigenvalue weighted by Gasteiger charge is 2.24. The van der Waals surface area contributed by atoms with E-state index >= 15 is 0 Å². The number of non-ortho nitro benzene ring substituents is 1. The number of nitrogens with zero attached hydrogens (tertiary/aromatic N) is 1. The van der Waals surface area contributed by atoms with E-state index in [1.807, 2.05) is 6.92 Å². The fourth-order valence-corrected chi connectivity index (χ4v) is 2.85. The molecule has 1 aliphatic rings. The first-order valence-electron chi connectivity index (χ1n) is 6.83. The number of hydrogen-bond donors (Lipinski definition) is 2. The standard InChI is InChI=1S/C14H21N3O2/c1-10-8-12(17(18)19)6-7-13(10)16-14(9-15)11-4-2-3-5-11/h6-8,11,14,16H,2-5,9,15H2,1H3. The molecule has 5 nitrogen and oxygen atoms in total. The van der Waals surface area contributed by atoms with Gasteiger partial charge in [-0.1, -0.05) is 12.8 Å². The van der Waals surface area contributed by atoms with E-state index in [-0.39, 0.29) is 16.7 Å². The van der Waals surface area contributed by atoms with Gasteiger partial charge in [-0.25, -0.2) is 0 Å². The summed E-state index contributed by atoms with van der Waals surface area (Å²) in [5, 5.41) is 14.2. The zero-order valence-electron chi connectivity index (χ0n) is 11.3. The molecular weight excluding hydrogens is 242 g/mol. The van der Waals surface area contributed by atoms with Gasteiger partial charge in [0.1, 0.15) is 0 Å². The maximum atomic E-state index is 10.7. The van der Waals surface area contributed by atoms with Gasteiger partial charge in [0, 0.05) is 30.4 Å². The molecule has 0 heterocycles. The molecule has 1 fully saturated rings. The van der Waals surface area contributed by atoms with Gasteiger partial charge in [0.05, 0.1) is 4.92 Å². The first-order valence-corrected chi connectivity index (χ1v) is 6.83. The smallest absolute Gasteiger partial charge is 0.269 e. The number of nitrogens with one attached hydrogen (secondary N) is 1. The highest BCUT2D eigenvalue weighted by atomic mass is 16.6. The van der Waals surface area contributed by atoms with Crippen LogP contribution < -0.4 is 11.1 Å². The van der Waals surface area contributed by atoms with Crippen molar-refractivity contribution in [1.82, 2.24) is 0 Å². The molecule has 104 valence electrons. The molecule has 0 bridgehead atoms. The number of nitrogens with two attached hydrogens (primary N) is 1. The molecule has 0 saturated heterocycles. The minimum atomic E-state index is -0.367. The van der Waals surface area contributed by atoms with Crippen molar-refractivity contribution in [3.63, 3.8) is 0 Å². The van der Waals surface area contributed by atoms with Crippen molar-refractivity contribution in [3.8, 4) is 0 Å². The maximum absolute atomic E-state index is 10.7. The second-order valence-electron chi connectivity index (χ2n) is 5.29. The Morgan fingerprint density at radius 3 is 2.68 bits per heavy atom. The van der Waals surface area contributed by atoms with Gasteiger partial charge in [0.25, 0.3) is 5.69 Å². The fourth-order valence-electron chi connectivity index (χ4n) is 2.85. The summed E-state index contributed by atoms with van der Waals surface area (Å²) < 4.78 is 0. The molecule has 1 aromatic rings. The summed E-state index contributed by atoms with van der Waals surface area (Å²) in [5.41, 5.74) is 7.84. The summed E-state index contributed by atoms with van der Waals surface area (Å²) in [6.07, 6.45) is 5.01. The van der Waals surface area contributed by atoms with Crippen LogP contribution in [0.25, 0.3) is 0 Å². The Bertz CT molecular complexity index is 456. The number of nitro groups is 1. The van der Waals surface area contributed by atoms with Gasteiger partial charge >= 0.3 is 0 Å². The first kappa shape index (κ1) is 13.8. The second kappa shape index (κ2) is 6.02. The van der Waals surface area contributed by atoms with Crippen molar-refractivity contribution in [2.24, 2.45) is 11.7 Å². The summed E-state index contributed by atoms with van der Waals surface area (Å²) in [4.78, 5) is 10.4. The van der Waals surface area contributed by atoms with Gasteiger partial charge in [0.15, 0.2) is 0 Å². The first-order chi connectivity index (χ1) is 9.11. The highest BCUT2D eigenvalue weighted by Crippen LogP contribution is 2.30. The number of aryl methyl sites for hydroxylation is 1. The van der Waals surface area contributed by atoms with Crippen LogP contribution in [-0.4, -0.2) is 17.5 Å². The fraction of sp³-hybridized carbons (Fsp3) is 0.571. The zero-order chi connectivity index (χ0) is 13.8. The number of rotatable bonds is 5. The van der Waals surface area contributed by atoms with Crippen LogP contribution in [0.2, 0.25) is 0 Å². The molecule has 0 spiro atoms. The van der Waals surface area contributed by atoms with Crippen LogP contribution in [0.4, 0.5) is 11.4 Å². The van der Waals surface area contributed by atoms with Gasteiger partial charge < -0.3 is 11.1 Å². The van der Waals surface area contributed by atoms with Gasteiger partial charge in [-0.05, 0) is 37.3 Å². The van der Waals surface area contributed by atoms with Crippen molar-refractivity contribution < 1.29 is 4.92 Å². The van der Waals surface area contributed by atoms with Crippen LogP contribution in [0.5, 0.6) is 0 Å². The molecule has 1 saturated carbocycles.